The molecule has 1 fully saturated rings. The first-order valence-corrected chi connectivity index (χ1v) is 8.86. The van der Waals surface area contributed by atoms with E-state index in [0.717, 1.165) is 10.2 Å². The van der Waals surface area contributed by atoms with Crippen molar-refractivity contribution >= 4 is 27.7 Å². The van der Waals surface area contributed by atoms with Crippen LogP contribution in [-0.2, 0) is 0 Å². The second kappa shape index (κ2) is 7.70. The number of benzene rings is 2. The lowest BCUT2D eigenvalue weighted by molar-refractivity contribution is 0.0535. The van der Waals surface area contributed by atoms with Crippen LogP contribution in [0.2, 0.25) is 0 Å². The smallest absolute Gasteiger partial charge is 0.254 e. The zero-order valence-electron chi connectivity index (χ0n) is 13.9. The Hall–Kier alpha value is -2.34. The van der Waals surface area contributed by atoms with Crippen molar-refractivity contribution < 1.29 is 14.3 Å². The zero-order valence-corrected chi connectivity index (χ0v) is 15.5. The van der Waals surface area contributed by atoms with Gasteiger partial charge in [0.05, 0.1) is 7.11 Å². The number of carbonyl (C=O) groups is 2. The largest absolute Gasteiger partial charge is 0.497 e. The first-order chi connectivity index (χ1) is 12.1. The molecule has 6 heteroatoms. The first kappa shape index (κ1) is 17.5. The minimum Gasteiger partial charge on any atom is -0.497 e. The molecule has 0 N–H and O–H groups in total. The second-order valence-electron chi connectivity index (χ2n) is 5.82. The van der Waals surface area contributed by atoms with Gasteiger partial charge in [-0.2, -0.15) is 0 Å². The number of halogens is 1. The van der Waals surface area contributed by atoms with E-state index in [-0.39, 0.29) is 11.8 Å². The summed E-state index contributed by atoms with van der Waals surface area (Å²) in [5.41, 5.74) is 1.29. The van der Waals surface area contributed by atoms with Gasteiger partial charge in [-0.25, -0.2) is 0 Å². The number of rotatable bonds is 3. The molecule has 130 valence electrons. The molecule has 2 aromatic carbocycles. The highest BCUT2D eigenvalue weighted by atomic mass is 79.9. The van der Waals surface area contributed by atoms with Crippen LogP contribution in [0.1, 0.15) is 20.7 Å². The molecule has 0 unspecified atom stereocenters. The van der Waals surface area contributed by atoms with Crippen molar-refractivity contribution in [3.8, 4) is 5.75 Å². The predicted molar refractivity (Wildman–Crippen MR) is 98.9 cm³/mol. The van der Waals surface area contributed by atoms with Gasteiger partial charge < -0.3 is 14.5 Å². The molecule has 0 spiro atoms. The third-order valence-corrected chi connectivity index (χ3v) is 4.76. The molecule has 1 saturated heterocycles. The molecule has 0 saturated carbocycles. The number of piperazine rings is 1. The second-order valence-corrected chi connectivity index (χ2v) is 6.74. The monoisotopic (exact) mass is 402 g/mol. The summed E-state index contributed by atoms with van der Waals surface area (Å²) in [4.78, 5) is 28.7. The van der Waals surface area contributed by atoms with Crippen LogP contribution >= 0.6 is 15.9 Å². The number of carbonyl (C=O) groups excluding carboxylic acids is 2. The van der Waals surface area contributed by atoms with Crippen LogP contribution in [0.15, 0.2) is 53.0 Å². The maximum atomic E-state index is 12.6. The minimum absolute atomic E-state index is 0.00199. The Bertz CT molecular complexity index is 768. The highest BCUT2D eigenvalue weighted by Crippen LogP contribution is 2.17. The molecule has 3 rings (SSSR count). The van der Waals surface area contributed by atoms with E-state index in [9.17, 15) is 9.59 Å². The lowest BCUT2D eigenvalue weighted by atomic mass is 10.1. The van der Waals surface area contributed by atoms with Gasteiger partial charge in [-0.05, 0) is 42.5 Å². The van der Waals surface area contributed by atoms with Crippen LogP contribution in [0.3, 0.4) is 0 Å². The molecular weight excluding hydrogens is 384 g/mol. The number of hydrogen-bond donors (Lipinski definition) is 0. The highest BCUT2D eigenvalue weighted by Gasteiger charge is 2.25. The summed E-state index contributed by atoms with van der Waals surface area (Å²) in [7, 11) is 1.60. The summed E-state index contributed by atoms with van der Waals surface area (Å²) in [6.07, 6.45) is 0. The van der Waals surface area contributed by atoms with Gasteiger partial charge in [0, 0.05) is 41.8 Å². The van der Waals surface area contributed by atoms with Crippen molar-refractivity contribution in [1.82, 2.24) is 9.80 Å². The van der Waals surface area contributed by atoms with Crippen LogP contribution < -0.4 is 4.74 Å². The summed E-state index contributed by atoms with van der Waals surface area (Å²) in [6, 6.07) is 14.4. The lowest BCUT2D eigenvalue weighted by Gasteiger charge is -2.35. The Kier molecular flexibility index (Phi) is 5.38. The van der Waals surface area contributed by atoms with E-state index in [4.69, 9.17) is 4.74 Å². The van der Waals surface area contributed by atoms with Crippen LogP contribution in [0.25, 0.3) is 0 Å². The van der Waals surface area contributed by atoms with Crippen molar-refractivity contribution in [2.75, 3.05) is 33.3 Å². The van der Waals surface area contributed by atoms with Gasteiger partial charge in [0.15, 0.2) is 0 Å². The van der Waals surface area contributed by atoms with Gasteiger partial charge in [-0.3, -0.25) is 9.59 Å². The Balaban J connectivity index is 1.61. The highest BCUT2D eigenvalue weighted by molar-refractivity contribution is 9.10. The fourth-order valence-corrected chi connectivity index (χ4v) is 3.23. The average molecular weight is 403 g/mol. The molecule has 1 aliphatic heterocycles. The van der Waals surface area contributed by atoms with Crippen molar-refractivity contribution in [2.24, 2.45) is 0 Å². The zero-order chi connectivity index (χ0) is 17.8. The van der Waals surface area contributed by atoms with Crippen molar-refractivity contribution in [1.29, 1.82) is 0 Å². The summed E-state index contributed by atoms with van der Waals surface area (Å²) < 4.78 is 5.99. The molecule has 1 aliphatic rings. The van der Waals surface area contributed by atoms with Gasteiger partial charge >= 0.3 is 0 Å². The van der Waals surface area contributed by atoms with Crippen LogP contribution in [-0.4, -0.2) is 54.9 Å². The van der Waals surface area contributed by atoms with Crippen molar-refractivity contribution in [2.45, 2.75) is 0 Å². The number of amides is 2. The number of ether oxygens (including phenoxy) is 1. The van der Waals surface area contributed by atoms with Gasteiger partial charge in [-0.1, -0.05) is 22.0 Å². The van der Waals surface area contributed by atoms with Gasteiger partial charge in [-0.15, -0.1) is 0 Å². The fraction of sp³-hybridized carbons (Fsp3) is 0.263. The molecule has 2 aromatic rings. The average Bonchev–Trinajstić information content (AvgIpc) is 2.67. The van der Waals surface area contributed by atoms with E-state index in [0.29, 0.717) is 37.3 Å². The van der Waals surface area contributed by atoms with Crippen LogP contribution in [0.4, 0.5) is 0 Å². The maximum Gasteiger partial charge on any atom is 0.254 e. The Labute approximate surface area is 155 Å². The first-order valence-electron chi connectivity index (χ1n) is 8.06. The number of methoxy groups -OCH3 is 1. The summed E-state index contributed by atoms with van der Waals surface area (Å²) >= 11 is 3.39. The van der Waals surface area contributed by atoms with Gasteiger partial charge in [0.2, 0.25) is 0 Å². The molecule has 2 amide bonds. The van der Waals surface area contributed by atoms with Crippen LogP contribution in [0, 0.1) is 0 Å². The number of hydrogen-bond acceptors (Lipinski definition) is 3. The molecule has 0 atom stereocenters. The summed E-state index contributed by atoms with van der Waals surface area (Å²) in [6.45, 7) is 2.13. The molecular formula is C19H19BrN2O3. The number of nitrogens with zero attached hydrogens (tertiary/aromatic N) is 2. The maximum absolute atomic E-state index is 12.6. The lowest BCUT2D eigenvalue weighted by Crippen LogP contribution is -2.50. The standard InChI is InChI=1S/C19H19BrN2O3/c1-25-17-7-5-14(6-8-17)18(23)21-9-11-22(12-10-21)19(24)15-3-2-4-16(20)13-15/h2-8,13H,9-12H2,1H3. The third kappa shape index (κ3) is 4.02. The normalized spacial score (nSPS) is 14.3. The summed E-state index contributed by atoms with van der Waals surface area (Å²) in [5, 5.41) is 0. The molecule has 25 heavy (non-hydrogen) atoms. The topological polar surface area (TPSA) is 49.9 Å². The molecule has 1 heterocycles. The fourth-order valence-electron chi connectivity index (χ4n) is 2.83. The van der Waals surface area contributed by atoms with E-state index in [1.54, 1.807) is 41.2 Å². The molecule has 0 radical (unpaired) electrons. The quantitative estimate of drug-likeness (QED) is 0.792. The Morgan fingerprint density at radius 1 is 0.880 bits per heavy atom. The van der Waals surface area contributed by atoms with E-state index in [2.05, 4.69) is 15.9 Å². The minimum atomic E-state index is -0.0165. The molecule has 0 aromatic heterocycles. The van der Waals surface area contributed by atoms with Gasteiger partial charge in [0.25, 0.3) is 11.8 Å². The van der Waals surface area contributed by atoms with Crippen molar-refractivity contribution in [3.05, 3.63) is 64.1 Å². The predicted octanol–water partition coefficient (Wildman–Crippen LogP) is 3.06. The summed E-state index contributed by atoms with van der Waals surface area (Å²) in [5.74, 6) is 0.705. The van der Waals surface area contributed by atoms with Gasteiger partial charge in [0.1, 0.15) is 5.75 Å². The van der Waals surface area contributed by atoms with E-state index < -0.39 is 0 Å². The Morgan fingerprint density at radius 2 is 1.44 bits per heavy atom. The van der Waals surface area contributed by atoms with Crippen molar-refractivity contribution in [3.63, 3.8) is 0 Å². The third-order valence-electron chi connectivity index (χ3n) is 4.26. The molecule has 5 nitrogen and oxygen atoms in total. The van der Waals surface area contributed by atoms with Crippen LogP contribution in [0.5, 0.6) is 5.75 Å². The van der Waals surface area contributed by atoms with E-state index in [1.165, 1.54) is 0 Å². The molecule has 0 aliphatic carbocycles. The SMILES string of the molecule is COc1ccc(C(=O)N2CCN(C(=O)c3cccc(Br)c3)CC2)cc1. The van der Waals surface area contributed by atoms with E-state index in [1.807, 2.05) is 24.3 Å². The Morgan fingerprint density at radius 3 is 1.96 bits per heavy atom. The van der Waals surface area contributed by atoms with E-state index >= 15 is 0 Å². The molecule has 0 bridgehead atoms.